The summed E-state index contributed by atoms with van der Waals surface area (Å²) in [6.45, 7) is 5.86. The third-order valence-electron chi connectivity index (χ3n) is 2.05. The Morgan fingerprint density at radius 2 is 2.14 bits per heavy atom. The molecule has 0 aliphatic heterocycles. The zero-order chi connectivity index (χ0) is 10.9. The average Bonchev–Trinajstić information content (AvgIpc) is 2.45. The van der Waals surface area contributed by atoms with Crippen molar-refractivity contribution in [3.63, 3.8) is 0 Å². The van der Waals surface area contributed by atoms with E-state index in [0.29, 0.717) is 5.82 Å². The Morgan fingerprint density at radius 1 is 1.57 bits per heavy atom. The van der Waals surface area contributed by atoms with E-state index in [-0.39, 0.29) is 5.92 Å². The molecule has 0 radical (unpaired) electrons. The number of hydrogen-bond donors (Lipinski definition) is 3. The zero-order valence-electron chi connectivity index (χ0n) is 8.53. The van der Waals surface area contributed by atoms with Crippen LogP contribution in [0.15, 0.2) is 0 Å². The lowest BCUT2D eigenvalue weighted by molar-refractivity contribution is -0.138. The molecular weight excluding hydrogens is 182 g/mol. The summed E-state index contributed by atoms with van der Waals surface area (Å²) in [5.74, 6) is -0.492. The summed E-state index contributed by atoms with van der Waals surface area (Å²) < 4.78 is 0. The van der Waals surface area contributed by atoms with Crippen LogP contribution in [0.5, 0.6) is 0 Å². The van der Waals surface area contributed by atoms with Crippen molar-refractivity contribution in [2.24, 2.45) is 5.73 Å². The van der Waals surface area contributed by atoms with Gasteiger partial charge in [0.05, 0.1) is 5.69 Å². The molecule has 0 fully saturated rings. The molecule has 1 atom stereocenters. The van der Waals surface area contributed by atoms with Gasteiger partial charge in [-0.05, 0) is 12.8 Å². The van der Waals surface area contributed by atoms with Crippen LogP contribution in [-0.2, 0) is 4.79 Å². The van der Waals surface area contributed by atoms with Crippen LogP contribution in [0.2, 0.25) is 0 Å². The number of hydrogen-bond acceptors (Lipinski definition) is 3. The molecule has 5 heteroatoms. The second-order valence-corrected chi connectivity index (χ2v) is 3.60. The van der Waals surface area contributed by atoms with Gasteiger partial charge in [-0.25, -0.2) is 4.98 Å². The van der Waals surface area contributed by atoms with Crippen LogP contribution >= 0.6 is 0 Å². The molecule has 0 aliphatic rings. The number of aliphatic carboxylic acids is 1. The van der Waals surface area contributed by atoms with E-state index in [1.54, 1.807) is 0 Å². The summed E-state index contributed by atoms with van der Waals surface area (Å²) in [6, 6.07) is -1.07. The molecule has 1 heterocycles. The maximum atomic E-state index is 10.6. The number of H-pyrrole nitrogens is 1. The third kappa shape index (κ3) is 1.93. The van der Waals surface area contributed by atoms with Crippen LogP contribution < -0.4 is 5.73 Å². The fraction of sp³-hybridized carbons (Fsp3) is 0.556. The van der Waals surface area contributed by atoms with Crippen molar-refractivity contribution >= 4 is 5.97 Å². The Kier molecular flexibility index (Phi) is 2.90. The number of carboxylic acids is 1. The molecule has 0 saturated heterocycles. The molecule has 14 heavy (non-hydrogen) atoms. The molecule has 0 aliphatic carbocycles. The number of rotatable bonds is 3. The standard InChI is InChI=1S/C9H15N3O2/c1-4(2)7-5(3)11-8(12-7)6(10)9(13)14/h4,6H,10H2,1-3H3,(H,11,12)(H,13,14). The van der Waals surface area contributed by atoms with Crippen LogP contribution in [0.1, 0.15) is 43.0 Å². The molecule has 4 N–H and O–H groups in total. The number of aryl methyl sites for hydroxylation is 1. The fourth-order valence-corrected chi connectivity index (χ4v) is 1.32. The monoisotopic (exact) mass is 197 g/mol. The summed E-state index contributed by atoms with van der Waals surface area (Å²) in [4.78, 5) is 17.7. The number of carboxylic acid groups (broad SMARTS) is 1. The van der Waals surface area contributed by atoms with Crippen LogP contribution in [-0.4, -0.2) is 21.0 Å². The number of aromatic amines is 1. The van der Waals surface area contributed by atoms with E-state index in [2.05, 4.69) is 9.97 Å². The molecule has 0 spiro atoms. The van der Waals surface area contributed by atoms with Crippen molar-refractivity contribution in [3.05, 3.63) is 17.2 Å². The van der Waals surface area contributed by atoms with E-state index in [4.69, 9.17) is 10.8 Å². The molecule has 0 aromatic carbocycles. The Balaban J connectivity index is 3.02. The fourth-order valence-electron chi connectivity index (χ4n) is 1.32. The second-order valence-electron chi connectivity index (χ2n) is 3.60. The molecule has 1 aromatic rings. The van der Waals surface area contributed by atoms with Gasteiger partial charge >= 0.3 is 5.97 Å². The molecular formula is C9H15N3O2. The highest BCUT2D eigenvalue weighted by molar-refractivity contribution is 5.74. The summed E-state index contributed by atoms with van der Waals surface area (Å²) in [5.41, 5.74) is 7.18. The predicted octanol–water partition coefficient (Wildman–Crippen LogP) is 0.926. The minimum Gasteiger partial charge on any atom is -0.480 e. The highest BCUT2D eigenvalue weighted by Crippen LogP contribution is 2.18. The SMILES string of the molecule is Cc1[nH]c(C(N)C(=O)O)nc1C(C)C. The van der Waals surface area contributed by atoms with Gasteiger partial charge in [0.15, 0.2) is 6.04 Å². The van der Waals surface area contributed by atoms with Crippen molar-refractivity contribution < 1.29 is 9.90 Å². The second kappa shape index (κ2) is 3.79. The van der Waals surface area contributed by atoms with Gasteiger partial charge in [-0.2, -0.15) is 0 Å². The lowest BCUT2D eigenvalue weighted by Crippen LogP contribution is -2.22. The van der Waals surface area contributed by atoms with Crippen molar-refractivity contribution in [1.82, 2.24) is 9.97 Å². The average molecular weight is 197 g/mol. The van der Waals surface area contributed by atoms with Gasteiger partial charge in [-0.15, -0.1) is 0 Å². The molecule has 0 saturated carbocycles. The third-order valence-corrected chi connectivity index (χ3v) is 2.05. The maximum absolute atomic E-state index is 10.6. The van der Waals surface area contributed by atoms with E-state index in [9.17, 15) is 4.79 Å². The predicted molar refractivity (Wildman–Crippen MR) is 52.0 cm³/mol. The van der Waals surface area contributed by atoms with Gasteiger partial charge in [0.25, 0.3) is 0 Å². The molecule has 1 aromatic heterocycles. The van der Waals surface area contributed by atoms with E-state index >= 15 is 0 Å². The van der Waals surface area contributed by atoms with Gasteiger partial charge < -0.3 is 15.8 Å². The van der Waals surface area contributed by atoms with Gasteiger partial charge in [0.1, 0.15) is 5.82 Å². The zero-order valence-corrected chi connectivity index (χ0v) is 8.53. The van der Waals surface area contributed by atoms with Crippen molar-refractivity contribution in [2.45, 2.75) is 32.7 Å². The lowest BCUT2D eigenvalue weighted by Gasteiger charge is -2.01. The van der Waals surface area contributed by atoms with Crippen molar-refractivity contribution in [1.29, 1.82) is 0 Å². The maximum Gasteiger partial charge on any atom is 0.328 e. The minimum atomic E-state index is -1.07. The van der Waals surface area contributed by atoms with Gasteiger partial charge in [0.2, 0.25) is 0 Å². The Bertz CT molecular complexity index is 344. The number of carbonyl (C=O) groups is 1. The molecule has 1 unspecified atom stereocenters. The number of aromatic nitrogens is 2. The van der Waals surface area contributed by atoms with E-state index in [1.165, 1.54) is 0 Å². The summed E-state index contributed by atoms with van der Waals surface area (Å²) in [5, 5.41) is 8.69. The van der Waals surface area contributed by atoms with Crippen LogP contribution in [0.25, 0.3) is 0 Å². The lowest BCUT2D eigenvalue weighted by atomic mass is 10.1. The smallest absolute Gasteiger partial charge is 0.328 e. The van der Waals surface area contributed by atoms with Gasteiger partial charge in [-0.1, -0.05) is 13.8 Å². The topological polar surface area (TPSA) is 92.0 Å². The summed E-state index contributed by atoms with van der Waals surface area (Å²) in [7, 11) is 0. The Labute approximate surface area is 82.3 Å². The first-order valence-electron chi connectivity index (χ1n) is 4.48. The van der Waals surface area contributed by atoms with Crippen LogP contribution in [0.3, 0.4) is 0 Å². The molecule has 78 valence electrons. The van der Waals surface area contributed by atoms with Crippen LogP contribution in [0, 0.1) is 6.92 Å². The number of imidazole rings is 1. The Hall–Kier alpha value is -1.36. The largest absolute Gasteiger partial charge is 0.480 e. The summed E-state index contributed by atoms with van der Waals surface area (Å²) in [6.07, 6.45) is 0. The number of nitrogens with zero attached hydrogens (tertiary/aromatic N) is 1. The molecule has 5 nitrogen and oxygen atoms in total. The van der Waals surface area contributed by atoms with Crippen molar-refractivity contribution in [2.75, 3.05) is 0 Å². The first-order chi connectivity index (χ1) is 6.43. The molecule has 0 bridgehead atoms. The first-order valence-corrected chi connectivity index (χ1v) is 4.48. The quantitative estimate of drug-likeness (QED) is 0.672. The molecule has 0 amide bonds. The minimum absolute atomic E-state index is 0.265. The van der Waals surface area contributed by atoms with Crippen LogP contribution in [0.4, 0.5) is 0 Å². The van der Waals surface area contributed by atoms with E-state index in [0.717, 1.165) is 11.4 Å². The van der Waals surface area contributed by atoms with Gasteiger partial charge in [-0.3, -0.25) is 4.79 Å². The molecule has 1 rings (SSSR count). The van der Waals surface area contributed by atoms with Crippen molar-refractivity contribution in [3.8, 4) is 0 Å². The Morgan fingerprint density at radius 3 is 2.50 bits per heavy atom. The normalized spacial score (nSPS) is 13.2. The highest BCUT2D eigenvalue weighted by Gasteiger charge is 2.20. The summed E-state index contributed by atoms with van der Waals surface area (Å²) >= 11 is 0. The van der Waals surface area contributed by atoms with Gasteiger partial charge in [0, 0.05) is 5.69 Å². The number of nitrogens with one attached hydrogen (secondary N) is 1. The van der Waals surface area contributed by atoms with E-state index < -0.39 is 12.0 Å². The van der Waals surface area contributed by atoms with E-state index in [1.807, 2.05) is 20.8 Å². The number of nitrogens with two attached hydrogens (primary N) is 1. The first kappa shape index (κ1) is 10.7. The highest BCUT2D eigenvalue weighted by atomic mass is 16.4.